The number of amides is 1. The van der Waals surface area contributed by atoms with E-state index in [0.717, 1.165) is 11.3 Å². The minimum absolute atomic E-state index is 0.0265. The first kappa shape index (κ1) is 19.6. The first-order valence-corrected chi connectivity index (χ1v) is 9.33. The van der Waals surface area contributed by atoms with Crippen LogP contribution in [0.25, 0.3) is 5.69 Å². The Bertz CT molecular complexity index is 879. The average Bonchev–Trinajstić information content (AvgIpc) is 3.19. The summed E-state index contributed by atoms with van der Waals surface area (Å²) in [5, 5.41) is 7.24. The highest BCUT2D eigenvalue weighted by atomic mass is 16.5. The molecule has 0 fully saturated rings. The molecule has 1 N–H and O–H groups in total. The fraction of sp³-hybridized carbons (Fsp3) is 0.273. The molecule has 146 valence electrons. The molecule has 1 atom stereocenters. The van der Waals surface area contributed by atoms with E-state index in [1.807, 2.05) is 67.6 Å². The van der Waals surface area contributed by atoms with Crippen molar-refractivity contribution in [2.45, 2.75) is 19.4 Å². The fourth-order valence-corrected chi connectivity index (χ4v) is 2.82. The van der Waals surface area contributed by atoms with Crippen LogP contribution in [-0.2, 0) is 4.74 Å². The van der Waals surface area contributed by atoms with E-state index < -0.39 is 0 Å². The van der Waals surface area contributed by atoms with Gasteiger partial charge in [0.05, 0.1) is 25.1 Å². The number of nitrogens with one attached hydrogen (secondary N) is 1. The van der Waals surface area contributed by atoms with Gasteiger partial charge in [0.2, 0.25) is 0 Å². The number of ether oxygens (including phenoxy) is 2. The highest BCUT2D eigenvalue weighted by Crippen LogP contribution is 2.19. The van der Waals surface area contributed by atoms with Crippen molar-refractivity contribution in [3.05, 3.63) is 78.1 Å². The van der Waals surface area contributed by atoms with Gasteiger partial charge in [-0.2, -0.15) is 5.10 Å². The van der Waals surface area contributed by atoms with Gasteiger partial charge in [0.15, 0.2) is 11.4 Å². The third kappa shape index (κ3) is 4.98. The number of carbonyl (C=O) groups excluding carboxylic acids is 1. The molecule has 0 saturated carbocycles. The predicted molar refractivity (Wildman–Crippen MR) is 108 cm³/mol. The first-order valence-electron chi connectivity index (χ1n) is 9.33. The summed E-state index contributed by atoms with van der Waals surface area (Å²) in [4.78, 5) is 12.5. The van der Waals surface area contributed by atoms with E-state index >= 15 is 0 Å². The van der Waals surface area contributed by atoms with Crippen molar-refractivity contribution in [1.82, 2.24) is 15.1 Å². The van der Waals surface area contributed by atoms with Crippen molar-refractivity contribution in [2.24, 2.45) is 0 Å². The summed E-state index contributed by atoms with van der Waals surface area (Å²) in [6.45, 7) is 3.09. The molecule has 3 rings (SSSR count). The molecule has 2 aromatic carbocycles. The maximum absolute atomic E-state index is 12.5. The SMILES string of the molecule is COc1cn(-c2ccccc2)nc1C(=O)NCCCOC(C)c1ccccc1. The number of aromatic nitrogens is 2. The number of para-hydroxylation sites is 1. The molecular formula is C22H25N3O3. The van der Waals surface area contributed by atoms with E-state index in [1.165, 1.54) is 7.11 Å². The van der Waals surface area contributed by atoms with Crippen LogP contribution in [0, 0.1) is 0 Å². The topological polar surface area (TPSA) is 65.4 Å². The van der Waals surface area contributed by atoms with E-state index in [2.05, 4.69) is 10.4 Å². The van der Waals surface area contributed by atoms with E-state index in [-0.39, 0.29) is 17.7 Å². The lowest BCUT2D eigenvalue weighted by Crippen LogP contribution is -2.26. The third-order valence-corrected chi connectivity index (χ3v) is 4.38. The highest BCUT2D eigenvalue weighted by molar-refractivity contribution is 5.94. The number of hydrogen-bond acceptors (Lipinski definition) is 4. The highest BCUT2D eigenvalue weighted by Gasteiger charge is 2.18. The Morgan fingerprint density at radius 1 is 1.11 bits per heavy atom. The molecule has 0 spiro atoms. The zero-order valence-corrected chi connectivity index (χ0v) is 16.2. The number of nitrogens with zero attached hydrogens (tertiary/aromatic N) is 2. The molecule has 1 unspecified atom stereocenters. The first-order chi connectivity index (χ1) is 13.7. The van der Waals surface area contributed by atoms with Crippen LogP contribution in [0.5, 0.6) is 5.75 Å². The molecule has 0 radical (unpaired) electrons. The predicted octanol–water partition coefficient (Wildman–Crippen LogP) is 3.78. The van der Waals surface area contributed by atoms with Crippen LogP contribution < -0.4 is 10.1 Å². The smallest absolute Gasteiger partial charge is 0.275 e. The summed E-state index contributed by atoms with van der Waals surface area (Å²) in [6, 6.07) is 19.7. The van der Waals surface area contributed by atoms with Gasteiger partial charge in [-0.1, -0.05) is 48.5 Å². The van der Waals surface area contributed by atoms with E-state index in [1.54, 1.807) is 10.9 Å². The monoisotopic (exact) mass is 379 g/mol. The number of rotatable bonds is 9. The van der Waals surface area contributed by atoms with E-state index in [4.69, 9.17) is 9.47 Å². The molecule has 1 amide bonds. The number of methoxy groups -OCH3 is 1. The van der Waals surface area contributed by atoms with Crippen LogP contribution in [0.1, 0.15) is 35.5 Å². The maximum atomic E-state index is 12.5. The molecule has 0 bridgehead atoms. The lowest BCUT2D eigenvalue weighted by Gasteiger charge is -2.13. The second-order valence-corrected chi connectivity index (χ2v) is 6.36. The Kier molecular flexibility index (Phi) is 6.81. The third-order valence-electron chi connectivity index (χ3n) is 4.38. The zero-order valence-electron chi connectivity index (χ0n) is 16.2. The van der Waals surface area contributed by atoms with E-state index in [0.29, 0.717) is 25.3 Å². The Hall–Kier alpha value is -3.12. The standard InChI is InChI=1S/C22H25N3O3/c1-17(18-10-5-3-6-11-18)28-15-9-14-23-22(26)21-20(27-2)16-25(24-21)19-12-7-4-8-13-19/h3-8,10-13,16-17H,9,14-15H2,1-2H3,(H,23,26). The molecule has 3 aromatic rings. The molecule has 0 saturated heterocycles. The quantitative estimate of drug-likeness (QED) is 0.575. The summed E-state index contributed by atoms with van der Waals surface area (Å²) < 4.78 is 12.8. The van der Waals surface area contributed by atoms with Gasteiger partial charge in [-0.15, -0.1) is 0 Å². The molecule has 6 nitrogen and oxygen atoms in total. The van der Waals surface area contributed by atoms with Crippen molar-refractivity contribution in [1.29, 1.82) is 0 Å². The summed E-state index contributed by atoms with van der Waals surface area (Å²) in [6.07, 6.45) is 2.44. The molecule has 6 heteroatoms. The maximum Gasteiger partial charge on any atom is 0.275 e. The Morgan fingerprint density at radius 2 is 1.79 bits per heavy atom. The van der Waals surface area contributed by atoms with Crippen LogP contribution >= 0.6 is 0 Å². The van der Waals surface area contributed by atoms with Gasteiger partial charge in [0, 0.05) is 13.2 Å². The number of hydrogen-bond donors (Lipinski definition) is 1. The van der Waals surface area contributed by atoms with Crippen LogP contribution in [0.15, 0.2) is 66.9 Å². The largest absolute Gasteiger partial charge is 0.493 e. The molecule has 28 heavy (non-hydrogen) atoms. The van der Waals surface area contributed by atoms with Crippen molar-refractivity contribution in [2.75, 3.05) is 20.3 Å². The zero-order chi connectivity index (χ0) is 19.8. The molecule has 1 aromatic heterocycles. The van der Waals surface area contributed by atoms with Crippen LogP contribution in [-0.4, -0.2) is 35.9 Å². The fourth-order valence-electron chi connectivity index (χ4n) is 2.82. The van der Waals surface area contributed by atoms with Gasteiger partial charge in [0.25, 0.3) is 5.91 Å². The van der Waals surface area contributed by atoms with Gasteiger partial charge >= 0.3 is 0 Å². The Labute approximate surface area is 165 Å². The van der Waals surface area contributed by atoms with Crippen LogP contribution in [0.4, 0.5) is 0 Å². The van der Waals surface area contributed by atoms with Crippen molar-refractivity contribution in [3.63, 3.8) is 0 Å². The molecule has 0 aliphatic rings. The minimum Gasteiger partial charge on any atom is -0.493 e. The van der Waals surface area contributed by atoms with Gasteiger partial charge < -0.3 is 14.8 Å². The Morgan fingerprint density at radius 3 is 2.46 bits per heavy atom. The summed E-state index contributed by atoms with van der Waals surface area (Å²) >= 11 is 0. The van der Waals surface area contributed by atoms with Gasteiger partial charge in [-0.25, -0.2) is 4.68 Å². The summed E-state index contributed by atoms with van der Waals surface area (Å²) in [7, 11) is 1.53. The second-order valence-electron chi connectivity index (χ2n) is 6.36. The molecular weight excluding hydrogens is 354 g/mol. The Balaban J connectivity index is 1.49. The lowest BCUT2D eigenvalue weighted by atomic mass is 10.1. The van der Waals surface area contributed by atoms with Crippen LogP contribution in [0.3, 0.4) is 0 Å². The minimum atomic E-state index is -0.261. The number of benzene rings is 2. The molecule has 1 heterocycles. The second kappa shape index (κ2) is 9.71. The van der Waals surface area contributed by atoms with Crippen molar-refractivity contribution in [3.8, 4) is 11.4 Å². The normalized spacial score (nSPS) is 11.8. The van der Waals surface area contributed by atoms with Gasteiger partial charge in [0.1, 0.15) is 0 Å². The average molecular weight is 379 g/mol. The van der Waals surface area contributed by atoms with E-state index in [9.17, 15) is 4.79 Å². The van der Waals surface area contributed by atoms with Crippen molar-refractivity contribution < 1.29 is 14.3 Å². The van der Waals surface area contributed by atoms with Crippen LogP contribution in [0.2, 0.25) is 0 Å². The lowest BCUT2D eigenvalue weighted by molar-refractivity contribution is 0.0634. The van der Waals surface area contributed by atoms with Gasteiger partial charge in [-0.3, -0.25) is 4.79 Å². The molecule has 0 aliphatic heterocycles. The summed E-state index contributed by atoms with van der Waals surface area (Å²) in [5.41, 5.74) is 2.27. The molecule has 0 aliphatic carbocycles. The summed E-state index contributed by atoms with van der Waals surface area (Å²) in [5.74, 6) is 0.179. The van der Waals surface area contributed by atoms with Crippen molar-refractivity contribution >= 4 is 5.91 Å². The number of carbonyl (C=O) groups is 1. The van der Waals surface area contributed by atoms with Gasteiger partial charge in [-0.05, 0) is 31.0 Å².